The van der Waals surface area contributed by atoms with Crippen molar-refractivity contribution < 1.29 is 28.6 Å². The number of carbonyl (C=O) groups is 3. The Morgan fingerprint density at radius 2 is 0.600 bits per heavy atom. The van der Waals surface area contributed by atoms with E-state index < -0.39 is 6.10 Å². The van der Waals surface area contributed by atoms with E-state index in [4.69, 9.17) is 14.2 Å². The molecule has 6 nitrogen and oxygen atoms in total. The zero-order valence-corrected chi connectivity index (χ0v) is 42.7. The number of unbranched alkanes of at least 4 members (excludes halogenated alkanes) is 26. The number of esters is 3. The average molecular weight is 907 g/mol. The van der Waals surface area contributed by atoms with Crippen molar-refractivity contribution >= 4 is 17.9 Å². The predicted molar refractivity (Wildman–Crippen MR) is 279 cm³/mol. The molecule has 0 bridgehead atoms. The van der Waals surface area contributed by atoms with Crippen molar-refractivity contribution in [2.24, 2.45) is 0 Å². The number of hydrogen-bond donors (Lipinski definition) is 0. The summed E-state index contributed by atoms with van der Waals surface area (Å²) in [6.45, 7) is 6.38. The molecule has 0 fully saturated rings. The molecule has 0 saturated carbocycles. The summed E-state index contributed by atoms with van der Waals surface area (Å²) < 4.78 is 16.8. The molecule has 0 amide bonds. The Bertz CT molecular complexity index is 1230. The number of rotatable bonds is 49. The molecule has 374 valence electrons. The molecule has 1 unspecified atom stereocenters. The van der Waals surface area contributed by atoms with Crippen LogP contribution >= 0.6 is 0 Å². The number of carbonyl (C=O) groups excluding carboxylic acids is 3. The second kappa shape index (κ2) is 53.5. The van der Waals surface area contributed by atoms with Crippen LogP contribution in [0.1, 0.15) is 265 Å². The maximum absolute atomic E-state index is 12.8. The van der Waals surface area contributed by atoms with Crippen LogP contribution in [0.15, 0.2) is 72.9 Å². The molecule has 0 aromatic carbocycles. The molecule has 0 N–H and O–H groups in total. The Morgan fingerprint density at radius 1 is 0.323 bits per heavy atom. The van der Waals surface area contributed by atoms with Gasteiger partial charge in [0, 0.05) is 19.3 Å². The molecular weight excluding hydrogens is 805 g/mol. The number of allylic oxidation sites excluding steroid dienone is 12. The largest absolute Gasteiger partial charge is 0.462 e. The number of hydrogen-bond acceptors (Lipinski definition) is 6. The third-order valence-corrected chi connectivity index (χ3v) is 11.7. The van der Waals surface area contributed by atoms with Gasteiger partial charge in [-0.15, -0.1) is 0 Å². The molecule has 0 aliphatic heterocycles. The summed E-state index contributed by atoms with van der Waals surface area (Å²) in [5, 5.41) is 0. The Morgan fingerprint density at radius 3 is 0.938 bits per heavy atom. The maximum atomic E-state index is 12.8. The molecule has 0 aromatic rings. The van der Waals surface area contributed by atoms with Gasteiger partial charge in [-0.3, -0.25) is 14.4 Å². The highest BCUT2D eigenvalue weighted by atomic mass is 16.6. The van der Waals surface area contributed by atoms with Gasteiger partial charge in [-0.1, -0.05) is 235 Å². The summed E-state index contributed by atoms with van der Waals surface area (Å²) in [5.41, 5.74) is 0. The Balaban J connectivity index is 4.34. The van der Waals surface area contributed by atoms with Crippen LogP contribution in [-0.2, 0) is 28.6 Å². The van der Waals surface area contributed by atoms with Gasteiger partial charge in [0.1, 0.15) is 13.2 Å². The monoisotopic (exact) mass is 907 g/mol. The van der Waals surface area contributed by atoms with Crippen LogP contribution < -0.4 is 0 Å². The van der Waals surface area contributed by atoms with E-state index in [1.807, 2.05) is 0 Å². The molecule has 0 aromatic heterocycles. The molecule has 0 radical (unpaired) electrons. The minimum Gasteiger partial charge on any atom is -0.462 e. The van der Waals surface area contributed by atoms with E-state index in [0.29, 0.717) is 12.8 Å². The van der Waals surface area contributed by atoms with Gasteiger partial charge in [-0.2, -0.15) is 0 Å². The molecular formula is C59H102O6. The van der Waals surface area contributed by atoms with E-state index in [0.717, 1.165) is 109 Å². The topological polar surface area (TPSA) is 78.9 Å². The van der Waals surface area contributed by atoms with E-state index in [-0.39, 0.29) is 37.5 Å². The highest BCUT2D eigenvalue weighted by molar-refractivity contribution is 5.71. The minimum absolute atomic E-state index is 0.0950. The fourth-order valence-electron chi connectivity index (χ4n) is 7.65. The predicted octanol–water partition coefficient (Wildman–Crippen LogP) is 18.2. The first-order valence-corrected chi connectivity index (χ1v) is 27.4. The molecule has 0 aliphatic carbocycles. The van der Waals surface area contributed by atoms with E-state index in [2.05, 4.69) is 93.7 Å². The van der Waals surface area contributed by atoms with Crippen LogP contribution in [0.2, 0.25) is 0 Å². The normalized spacial score (nSPS) is 12.6. The molecule has 0 rings (SSSR count). The van der Waals surface area contributed by atoms with Gasteiger partial charge < -0.3 is 14.2 Å². The fourth-order valence-corrected chi connectivity index (χ4v) is 7.65. The van der Waals surface area contributed by atoms with Gasteiger partial charge in [0.2, 0.25) is 0 Å². The van der Waals surface area contributed by atoms with Crippen LogP contribution in [0.4, 0.5) is 0 Å². The minimum atomic E-state index is -0.801. The summed E-state index contributed by atoms with van der Waals surface area (Å²) in [5.74, 6) is -0.950. The summed E-state index contributed by atoms with van der Waals surface area (Å²) in [7, 11) is 0. The molecule has 1 atom stereocenters. The van der Waals surface area contributed by atoms with Crippen molar-refractivity contribution in [3.63, 3.8) is 0 Å². The number of ether oxygens (including phenoxy) is 3. The quantitative estimate of drug-likeness (QED) is 0.0262. The lowest BCUT2D eigenvalue weighted by atomic mass is 10.0. The lowest BCUT2D eigenvalue weighted by molar-refractivity contribution is -0.167. The molecule has 0 spiro atoms. The SMILES string of the molecule is CC/C=C\C/C=C\C/C=C\CCCCCC(=O)OCC(COC(=O)CCCCCCCCCCCCCCCCCCCCCCC)OC(=O)CCCCC/C=C\C/C=C\C/C=C\CC. The summed E-state index contributed by atoms with van der Waals surface area (Å²) >= 11 is 0. The van der Waals surface area contributed by atoms with Gasteiger partial charge in [0.15, 0.2) is 6.10 Å². The average Bonchev–Trinajstić information content (AvgIpc) is 3.30. The second-order valence-corrected chi connectivity index (χ2v) is 18.1. The molecule has 65 heavy (non-hydrogen) atoms. The van der Waals surface area contributed by atoms with Crippen molar-refractivity contribution in [2.45, 2.75) is 271 Å². The van der Waals surface area contributed by atoms with Crippen LogP contribution in [0.3, 0.4) is 0 Å². The third kappa shape index (κ3) is 51.7. The summed E-state index contributed by atoms with van der Waals surface area (Å²) in [4.78, 5) is 38.0. The Labute approximate surface area is 402 Å². The Kier molecular flexibility index (Phi) is 50.9. The standard InChI is InChI=1S/C59H102O6/c1-4-7-10-13-16-19-22-25-26-27-28-29-30-31-32-35-37-40-43-46-49-52-58(61)64-55-56(65-59(62)53-50-47-44-41-38-34-24-21-18-15-12-9-6-3)54-63-57(60)51-48-45-42-39-36-33-23-20-17-14-11-8-5-2/h8-9,11-12,17-18,20-21,33-34,36,38,56H,4-7,10,13-16,19,22-32,35,37,39-55H2,1-3H3/b11-8-,12-9-,20-17-,21-18-,36-33-,38-34-. The zero-order chi connectivity index (χ0) is 47.2. The van der Waals surface area contributed by atoms with Crippen molar-refractivity contribution in [2.75, 3.05) is 13.2 Å². The van der Waals surface area contributed by atoms with Gasteiger partial charge in [-0.05, 0) is 83.5 Å². The van der Waals surface area contributed by atoms with Crippen molar-refractivity contribution in [3.05, 3.63) is 72.9 Å². The molecule has 0 heterocycles. The third-order valence-electron chi connectivity index (χ3n) is 11.7. The van der Waals surface area contributed by atoms with Gasteiger partial charge in [0.05, 0.1) is 0 Å². The molecule has 6 heteroatoms. The first-order valence-electron chi connectivity index (χ1n) is 27.4. The van der Waals surface area contributed by atoms with Crippen molar-refractivity contribution in [1.82, 2.24) is 0 Å². The summed E-state index contributed by atoms with van der Waals surface area (Å²) in [6, 6.07) is 0. The van der Waals surface area contributed by atoms with E-state index in [1.54, 1.807) is 0 Å². The Hall–Kier alpha value is -3.15. The zero-order valence-electron chi connectivity index (χ0n) is 42.7. The highest BCUT2D eigenvalue weighted by Crippen LogP contribution is 2.16. The van der Waals surface area contributed by atoms with Gasteiger partial charge >= 0.3 is 17.9 Å². The first-order chi connectivity index (χ1) is 32.0. The maximum Gasteiger partial charge on any atom is 0.306 e. The van der Waals surface area contributed by atoms with E-state index >= 15 is 0 Å². The summed E-state index contributed by atoms with van der Waals surface area (Å²) in [6.07, 6.45) is 67.6. The van der Waals surface area contributed by atoms with Gasteiger partial charge in [0.25, 0.3) is 0 Å². The van der Waals surface area contributed by atoms with Crippen LogP contribution in [-0.4, -0.2) is 37.2 Å². The van der Waals surface area contributed by atoms with Gasteiger partial charge in [-0.25, -0.2) is 0 Å². The van der Waals surface area contributed by atoms with Crippen molar-refractivity contribution in [3.8, 4) is 0 Å². The molecule has 0 aliphatic rings. The van der Waals surface area contributed by atoms with Crippen molar-refractivity contribution in [1.29, 1.82) is 0 Å². The van der Waals surface area contributed by atoms with E-state index in [9.17, 15) is 14.4 Å². The smallest absolute Gasteiger partial charge is 0.306 e. The highest BCUT2D eigenvalue weighted by Gasteiger charge is 2.19. The van der Waals surface area contributed by atoms with E-state index in [1.165, 1.54) is 116 Å². The van der Waals surface area contributed by atoms with Crippen LogP contribution in [0.5, 0.6) is 0 Å². The lowest BCUT2D eigenvalue weighted by Crippen LogP contribution is -2.30. The first kappa shape index (κ1) is 61.9. The lowest BCUT2D eigenvalue weighted by Gasteiger charge is -2.18. The van der Waals surface area contributed by atoms with Crippen LogP contribution in [0, 0.1) is 0 Å². The van der Waals surface area contributed by atoms with Crippen LogP contribution in [0.25, 0.3) is 0 Å². The second-order valence-electron chi connectivity index (χ2n) is 18.1. The molecule has 0 saturated heterocycles. The fraction of sp³-hybridized carbons (Fsp3) is 0.746.